The number of carbonyl (C=O) groups is 2. The summed E-state index contributed by atoms with van der Waals surface area (Å²) in [5.74, 6) is -0.286. The van der Waals surface area contributed by atoms with Gasteiger partial charge >= 0.3 is 0 Å². The van der Waals surface area contributed by atoms with Crippen LogP contribution >= 0.6 is 0 Å². The topological polar surface area (TPSA) is 102 Å². The van der Waals surface area contributed by atoms with Crippen LogP contribution in [-0.4, -0.2) is 30.4 Å². The maximum atomic E-state index is 12.6. The van der Waals surface area contributed by atoms with Gasteiger partial charge in [-0.25, -0.2) is 0 Å². The molecular formula is C18H17N3O5. The average molecular weight is 355 g/mol. The number of fused-ring (bicyclic) bond motifs is 1. The molecule has 0 fully saturated rings. The van der Waals surface area contributed by atoms with E-state index in [0.717, 1.165) is 11.3 Å². The van der Waals surface area contributed by atoms with Gasteiger partial charge in [0.05, 0.1) is 17.6 Å². The normalized spacial score (nSPS) is 12.5. The van der Waals surface area contributed by atoms with Crippen LogP contribution < -0.4 is 15.0 Å². The molecule has 0 atom stereocenters. The Morgan fingerprint density at radius 2 is 2.00 bits per heavy atom. The standard InChI is InChI=1S/C18H17N3O5/c1-11(22)20-8-7-12-9-13(3-5-16(12)20)19-18(23)15-10-14(21(24)25)4-6-17(15)26-2/h3-6,9-10H,7-8H2,1-2H3,(H,19,23). The Kier molecular flexibility index (Phi) is 4.57. The number of anilines is 2. The minimum atomic E-state index is -0.567. The highest BCUT2D eigenvalue weighted by molar-refractivity contribution is 6.07. The summed E-state index contributed by atoms with van der Waals surface area (Å²) in [6.45, 7) is 2.13. The monoisotopic (exact) mass is 355 g/mol. The van der Waals surface area contributed by atoms with Crippen molar-refractivity contribution in [3.8, 4) is 5.75 Å². The maximum Gasteiger partial charge on any atom is 0.270 e. The number of nitro benzene ring substituents is 1. The maximum absolute atomic E-state index is 12.6. The first-order chi connectivity index (χ1) is 12.4. The third-order valence-corrected chi connectivity index (χ3v) is 4.25. The molecule has 0 unspecified atom stereocenters. The molecule has 0 bridgehead atoms. The van der Waals surface area contributed by atoms with Crippen LogP contribution in [0.4, 0.5) is 17.1 Å². The molecule has 0 spiro atoms. The van der Waals surface area contributed by atoms with Crippen molar-refractivity contribution in [2.75, 3.05) is 23.9 Å². The van der Waals surface area contributed by atoms with Crippen LogP contribution in [0.25, 0.3) is 0 Å². The van der Waals surface area contributed by atoms with Gasteiger partial charge in [-0.05, 0) is 36.2 Å². The molecule has 3 rings (SSSR count). The first kappa shape index (κ1) is 17.4. The highest BCUT2D eigenvalue weighted by Crippen LogP contribution is 2.31. The summed E-state index contributed by atoms with van der Waals surface area (Å²) in [6, 6.07) is 9.13. The molecular weight excluding hydrogens is 338 g/mol. The number of hydrogen-bond acceptors (Lipinski definition) is 5. The van der Waals surface area contributed by atoms with E-state index in [1.54, 1.807) is 23.1 Å². The average Bonchev–Trinajstić information content (AvgIpc) is 3.04. The lowest BCUT2D eigenvalue weighted by atomic mass is 10.1. The molecule has 2 aromatic carbocycles. The molecule has 8 heteroatoms. The number of ether oxygens (including phenoxy) is 1. The molecule has 0 radical (unpaired) electrons. The molecule has 0 saturated heterocycles. The Bertz CT molecular complexity index is 910. The van der Waals surface area contributed by atoms with Crippen molar-refractivity contribution < 1.29 is 19.2 Å². The van der Waals surface area contributed by atoms with E-state index in [9.17, 15) is 19.7 Å². The number of carbonyl (C=O) groups excluding carboxylic acids is 2. The Morgan fingerprint density at radius 3 is 2.65 bits per heavy atom. The fourth-order valence-electron chi connectivity index (χ4n) is 2.99. The molecule has 1 aliphatic heterocycles. The SMILES string of the molecule is COc1ccc([N+](=O)[O-])cc1C(=O)Nc1ccc2c(c1)CCN2C(C)=O. The molecule has 0 aliphatic carbocycles. The first-order valence-electron chi connectivity index (χ1n) is 7.95. The molecule has 1 aliphatic rings. The Balaban J connectivity index is 1.86. The van der Waals surface area contributed by atoms with E-state index in [4.69, 9.17) is 4.74 Å². The number of rotatable bonds is 4. The third kappa shape index (κ3) is 3.21. The van der Waals surface area contributed by atoms with Crippen LogP contribution in [0.5, 0.6) is 5.75 Å². The quantitative estimate of drug-likeness (QED) is 0.671. The molecule has 1 heterocycles. The van der Waals surface area contributed by atoms with Crippen LogP contribution in [0.1, 0.15) is 22.8 Å². The summed E-state index contributed by atoms with van der Waals surface area (Å²) in [7, 11) is 1.39. The predicted octanol–water partition coefficient (Wildman–Crippen LogP) is 2.76. The van der Waals surface area contributed by atoms with E-state index in [2.05, 4.69) is 5.32 Å². The van der Waals surface area contributed by atoms with E-state index in [0.29, 0.717) is 18.7 Å². The van der Waals surface area contributed by atoms with Crippen molar-refractivity contribution in [2.45, 2.75) is 13.3 Å². The van der Waals surface area contributed by atoms with Crippen LogP contribution in [0.15, 0.2) is 36.4 Å². The van der Waals surface area contributed by atoms with E-state index in [1.807, 2.05) is 0 Å². The molecule has 134 valence electrons. The van der Waals surface area contributed by atoms with Gasteiger partial charge in [-0.2, -0.15) is 0 Å². The van der Waals surface area contributed by atoms with Crippen LogP contribution in [0, 0.1) is 10.1 Å². The molecule has 1 N–H and O–H groups in total. The lowest BCUT2D eigenvalue weighted by Gasteiger charge is -2.15. The smallest absolute Gasteiger partial charge is 0.270 e. The van der Waals surface area contributed by atoms with Crippen LogP contribution in [0.3, 0.4) is 0 Å². The van der Waals surface area contributed by atoms with Crippen molar-refractivity contribution in [1.29, 1.82) is 0 Å². The van der Waals surface area contributed by atoms with Crippen LogP contribution in [0.2, 0.25) is 0 Å². The summed E-state index contributed by atoms with van der Waals surface area (Å²) in [5, 5.41) is 13.7. The molecule has 26 heavy (non-hydrogen) atoms. The van der Waals surface area contributed by atoms with Crippen molar-refractivity contribution >= 4 is 28.9 Å². The van der Waals surface area contributed by atoms with Gasteiger partial charge in [0.1, 0.15) is 5.75 Å². The van der Waals surface area contributed by atoms with Gasteiger partial charge < -0.3 is 15.0 Å². The van der Waals surface area contributed by atoms with Gasteiger partial charge in [0.2, 0.25) is 5.91 Å². The van der Waals surface area contributed by atoms with Gasteiger partial charge in [0, 0.05) is 37.0 Å². The van der Waals surface area contributed by atoms with E-state index >= 15 is 0 Å². The van der Waals surface area contributed by atoms with Crippen molar-refractivity contribution in [3.63, 3.8) is 0 Å². The number of benzene rings is 2. The minimum absolute atomic E-state index is 0.0260. The Hall–Kier alpha value is -3.42. The number of nitrogens with one attached hydrogen (secondary N) is 1. The van der Waals surface area contributed by atoms with E-state index < -0.39 is 10.8 Å². The zero-order chi connectivity index (χ0) is 18.8. The number of nitro groups is 1. The lowest BCUT2D eigenvalue weighted by Crippen LogP contribution is -2.25. The number of amides is 2. The van der Waals surface area contributed by atoms with Gasteiger partial charge in [-0.15, -0.1) is 0 Å². The Labute approximate surface area is 149 Å². The summed E-state index contributed by atoms with van der Waals surface area (Å²) in [4.78, 5) is 36.2. The molecule has 0 saturated carbocycles. The fraction of sp³-hybridized carbons (Fsp3) is 0.222. The largest absolute Gasteiger partial charge is 0.496 e. The Morgan fingerprint density at radius 1 is 1.23 bits per heavy atom. The third-order valence-electron chi connectivity index (χ3n) is 4.25. The summed E-state index contributed by atoms with van der Waals surface area (Å²) in [6.07, 6.45) is 0.707. The minimum Gasteiger partial charge on any atom is -0.496 e. The summed E-state index contributed by atoms with van der Waals surface area (Å²) >= 11 is 0. The zero-order valence-electron chi connectivity index (χ0n) is 14.3. The van der Waals surface area contributed by atoms with Crippen LogP contribution in [-0.2, 0) is 11.2 Å². The van der Waals surface area contributed by atoms with Gasteiger partial charge in [-0.3, -0.25) is 19.7 Å². The molecule has 2 amide bonds. The van der Waals surface area contributed by atoms with Gasteiger partial charge in [-0.1, -0.05) is 0 Å². The van der Waals surface area contributed by atoms with E-state index in [1.165, 1.54) is 32.2 Å². The highest BCUT2D eigenvalue weighted by Gasteiger charge is 2.23. The van der Waals surface area contributed by atoms with Crippen molar-refractivity contribution in [1.82, 2.24) is 0 Å². The van der Waals surface area contributed by atoms with Crippen molar-refractivity contribution in [3.05, 3.63) is 57.6 Å². The number of hydrogen-bond donors (Lipinski definition) is 1. The van der Waals surface area contributed by atoms with Gasteiger partial charge in [0.15, 0.2) is 0 Å². The van der Waals surface area contributed by atoms with Gasteiger partial charge in [0.25, 0.3) is 11.6 Å². The second-order valence-corrected chi connectivity index (χ2v) is 5.86. The number of methoxy groups -OCH3 is 1. The molecule has 0 aromatic heterocycles. The highest BCUT2D eigenvalue weighted by atomic mass is 16.6. The molecule has 8 nitrogen and oxygen atoms in total. The predicted molar refractivity (Wildman–Crippen MR) is 95.8 cm³/mol. The zero-order valence-corrected chi connectivity index (χ0v) is 14.3. The first-order valence-corrected chi connectivity index (χ1v) is 7.95. The molecule has 2 aromatic rings. The van der Waals surface area contributed by atoms with E-state index in [-0.39, 0.29) is 22.9 Å². The number of nitrogens with zero attached hydrogens (tertiary/aromatic N) is 2. The second kappa shape index (κ2) is 6.83. The summed E-state index contributed by atoms with van der Waals surface area (Å²) in [5.41, 5.74) is 2.23. The fourth-order valence-corrected chi connectivity index (χ4v) is 2.99. The van der Waals surface area contributed by atoms with Crippen molar-refractivity contribution in [2.24, 2.45) is 0 Å². The second-order valence-electron chi connectivity index (χ2n) is 5.86. The lowest BCUT2D eigenvalue weighted by molar-refractivity contribution is -0.384. The number of non-ortho nitro benzene ring substituents is 1. The summed E-state index contributed by atoms with van der Waals surface area (Å²) < 4.78 is 5.13.